The summed E-state index contributed by atoms with van der Waals surface area (Å²) in [5, 5.41) is 6.53. The standard InChI is InChI=1S/C17H17Cl2N3OS2/c18-12-7-11(21-8-9-3-2-6-24-9)16-14(22-12)13(19)17(25-16)15-10(20)4-1-5-23-15/h2-3,6-7,10,15H,1,4-5,8,20H2,(H,21,22)/t10-,15+/m1/s1. The Morgan fingerprint density at radius 3 is 3.04 bits per heavy atom. The second-order valence-electron chi connectivity index (χ2n) is 5.98. The second-order valence-corrected chi connectivity index (χ2v) is 8.83. The monoisotopic (exact) mass is 413 g/mol. The summed E-state index contributed by atoms with van der Waals surface area (Å²) in [6, 6.07) is 5.94. The molecular formula is C17H17Cl2N3OS2. The van der Waals surface area contributed by atoms with Gasteiger partial charge in [-0.25, -0.2) is 4.98 Å². The molecule has 25 heavy (non-hydrogen) atoms. The summed E-state index contributed by atoms with van der Waals surface area (Å²) in [5.74, 6) is 0. The third-order valence-corrected chi connectivity index (χ3v) is 7.08. The smallest absolute Gasteiger partial charge is 0.131 e. The molecule has 3 N–H and O–H groups in total. The zero-order chi connectivity index (χ0) is 17.4. The van der Waals surface area contributed by atoms with Gasteiger partial charge in [0.25, 0.3) is 0 Å². The summed E-state index contributed by atoms with van der Waals surface area (Å²) in [4.78, 5) is 6.63. The fourth-order valence-electron chi connectivity index (χ4n) is 3.01. The first-order valence-electron chi connectivity index (χ1n) is 8.05. The molecule has 132 valence electrons. The highest BCUT2D eigenvalue weighted by Gasteiger charge is 2.30. The molecule has 3 aromatic rings. The van der Waals surface area contributed by atoms with E-state index in [2.05, 4.69) is 21.7 Å². The van der Waals surface area contributed by atoms with Crippen molar-refractivity contribution in [2.45, 2.75) is 31.5 Å². The first-order valence-corrected chi connectivity index (χ1v) is 10.5. The van der Waals surface area contributed by atoms with Crippen LogP contribution in [-0.2, 0) is 11.3 Å². The van der Waals surface area contributed by atoms with Crippen molar-refractivity contribution in [3.8, 4) is 0 Å². The number of nitrogens with one attached hydrogen (secondary N) is 1. The van der Waals surface area contributed by atoms with Crippen LogP contribution >= 0.6 is 45.9 Å². The van der Waals surface area contributed by atoms with E-state index in [-0.39, 0.29) is 12.1 Å². The van der Waals surface area contributed by atoms with E-state index in [0.29, 0.717) is 22.3 Å². The molecule has 0 amide bonds. The Bertz CT molecular complexity index is 882. The van der Waals surface area contributed by atoms with Crippen LogP contribution in [0.2, 0.25) is 10.2 Å². The molecule has 1 saturated heterocycles. The van der Waals surface area contributed by atoms with Crippen LogP contribution in [0.4, 0.5) is 5.69 Å². The molecule has 0 radical (unpaired) electrons. The number of rotatable bonds is 4. The van der Waals surface area contributed by atoms with Gasteiger partial charge in [0.2, 0.25) is 0 Å². The summed E-state index contributed by atoms with van der Waals surface area (Å²) in [7, 11) is 0. The molecule has 3 aromatic heterocycles. The number of fused-ring (bicyclic) bond motifs is 1. The van der Waals surface area contributed by atoms with Crippen molar-refractivity contribution < 1.29 is 4.74 Å². The third-order valence-electron chi connectivity index (χ3n) is 4.24. The number of nitrogens with two attached hydrogens (primary N) is 1. The summed E-state index contributed by atoms with van der Waals surface area (Å²) in [6.45, 7) is 1.44. The maximum atomic E-state index is 6.63. The number of thiophene rings is 2. The zero-order valence-corrected chi connectivity index (χ0v) is 16.4. The van der Waals surface area contributed by atoms with E-state index in [1.807, 2.05) is 12.1 Å². The Morgan fingerprint density at radius 2 is 2.28 bits per heavy atom. The number of nitrogens with zero attached hydrogens (tertiary/aromatic N) is 1. The van der Waals surface area contributed by atoms with Crippen LogP contribution in [0.1, 0.15) is 28.7 Å². The van der Waals surface area contributed by atoms with Crippen LogP contribution in [0.25, 0.3) is 10.2 Å². The average Bonchev–Trinajstić information content (AvgIpc) is 3.22. The second kappa shape index (κ2) is 7.39. The molecule has 0 aliphatic carbocycles. The van der Waals surface area contributed by atoms with Crippen LogP contribution in [0.5, 0.6) is 0 Å². The maximum Gasteiger partial charge on any atom is 0.131 e. The predicted octanol–water partition coefficient (Wildman–Crippen LogP) is 5.46. The highest BCUT2D eigenvalue weighted by molar-refractivity contribution is 7.20. The van der Waals surface area contributed by atoms with Gasteiger partial charge in [-0.1, -0.05) is 29.3 Å². The molecule has 1 aliphatic heterocycles. The SMILES string of the molecule is N[C@@H]1CCCO[C@@H]1c1sc2c(NCc3cccs3)cc(Cl)nc2c1Cl. The van der Waals surface area contributed by atoms with Crippen molar-refractivity contribution in [2.24, 2.45) is 5.73 Å². The van der Waals surface area contributed by atoms with Gasteiger partial charge in [-0.15, -0.1) is 22.7 Å². The molecule has 0 unspecified atom stereocenters. The number of hydrogen-bond acceptors (Lipinski definition) is 6. The molecule has 0 bridgehead atoms. The first kappa shape index (κ1) is 17.5. The summed E-state index contributed by atoms with van der Waals surface area (Å²) in [5.41, 5.74) is 7.90. The van der Waals surface area contributed by atoms with Gasteiger partial charge in [0.05, 0.1) is 20.3 Å². The molecule has 8 heteroatoms. The fraction of sp³-hybridized carbons (Fsp3) is 0.353. The number of pyridine rings is 1. The zero-order valence-electron chi connectivity index (χ0n) is 13.3. The molecule has 0 saturated carbocycles. The van der Waals surface area contributed by atoms with E-state index in [1.54, 1.807) is 22.7 Å². The van der Waals surface area contributed by atoms with Gasteiger partial charge in [-0.3, -0.25) is 0 Å². The molecule has 2 atom stereocenters. The maximum absolute atomic E-state index is 6.63. The van der Waals surface area contributed by atoms with Crippen LogP contribution in [0.15, 0.2) is 23.6 Å². The van der Waals surface area contributed by atoms with Gasteiger partial charge >= 0.3 is 0 Å². The minimum absolute atomic E-state index is 0.0442. The molecule has 4 heterocycles. The normalized spacial score (nSPS) is 20.9. The van der Waals surface area contributed by atoms with E-state index in [1.165, 1.54) is 4.88 Å². The predicted molar refractivity (Wildman–Crippen MR) is 107 cm³/mol. The van der Waals surface area contributed by atoms with E-state index in [0.717, 1.165) is 34.7 Å². The molecule has 1 aliphatic rings. The largest absolute Gasteiger partial charge is 0.379 e. The molecule has 0 aromatic carbocycles. The van der Waals surface area contributed by atoms with Crippen molar-refractivity contribution in [3.63, 3.8) is 0 Å². The first-order chi connectivity index (χ1) is 12.1. The molecule has 4 nitrogen and oxygen atoms in total. The Kier molecular flexibility index (Phi) is 5.18. The Morgan fingerprint density at radius 1 is 1.40 bits per heavy atom. The number of hydrogen-bond donors (Lipinski definition) is 2. The number of anilines is 1. The summed E-state index contributed by atoms with van der Waals surface area (Å²) >= 11 is 16.2. The number of ether oxygens (including phenoxy) is 1. The van der Waals surface area contributed by atoms with Gasteiger partial charge in [0.1, 0.15) is 16.8 Å². The number of halogens is 2. The highest BCUT2D eigenvalue weighted by Crippen LogP contribution is 2.45. The van der Waals surface area contributed by atoms with E-state index in [9.17, 15) is 0 Å². The minimum atomic E-state index is -0.177. The quantitative estimate of drug-likeness (QED) is 0.557. The molecule has 1 fully saturated rings. The van der Waals surface area contributed by atoms with Crippen LogP contribution in [-0.4, -0.2) is 17.6 Å². The van der Waals surface area contributed by atoms with Crippen molar-refractivity contribution >= 4 is 61.8 Å². The Balaban J connectivity index is 1.72. The van der Waals surface area contributed by atoms with Crippen molar-refractivity contribution in [1.82, 2.24) is 4.98 Å². The van der Waals surface area contributed by atoms with Gasteiger partial charge in [0, 0.05) is 30.1 Å². The van der Waals surface area contributed by atoms with Gasteiger partial charge in [0.15, 0.2) is 0 Å². The lowest BCUT2D eigenvalue weighted by molar-refractivity contribution is 0.00244. The van der Waals surface area contributed by atoms with Crippen molar-refractivity contribution in [1.29, 1.82) is 0 Å². The van der Waals surface area contributed by atoms with E-state index in [4.69, 9.17) is 33.7 Å². The lowest BCUT2D eigenvalue weighted by atomic mass is 10.0. The van der Waals surface area contributed by atoms with Crippen LogP contribution < -0.4 is 11.1 Å². The Labute approximate surface area is 163 Å². The fourth-order valence-corrected chi connectivity index (χ4v) is 5.51. The van der Waals surface area contributed by atoms with Crippen LogP contribution in [0, 0.1) is 0 Å². The lowest BCUT2D eigenvalue weighted by Crippen LogP contribution is -2.34. The molecule has 4 rings (SSSR count). The van der Waals surface area contributed by atoms with E-state index < -0.39 is 0 Å². The van der Waals surface area contributed by atoms with Crippen molar-refractivity contribution in [3.05, 3.63) is 43.5 Å². The van der Waals surface area contributed by atoms with Gasteiger partial charge < -0.3 is 15.8 Å². The van der Waals surface area contributed by atoms with Gasteiger partial charge in [-0.05, 0) is 24.3 Å². The average molecular weight is 414 g/mol. The summed E-state index contributed by atoms with van der Waals surface area (Å²) in [6.07, 6.45) is 1.74. The highest BCUT2D eigenvalue weighted by atomic mass is 35.5. The van der Waals surface area contributed by atoms with Crippen molar-refractivity contribution in [2.75, 3.05) is 11.9 Å². The van der Waals surface area contributed by atoms with E-state index >= 15 is 0 Å². The summed E-state index contributed by atoms with van der Waals surface area (Å²) < 4.78 is 6.89. The molecule has 0 spiro atoms. The lowest BCUT2D eigenvalue weighted by Gasteiger charge is -2.28. The molecular weight excluding hydrogens is 397 g/mol. The minimum Gasteiger partial charge on any atom is -0.379 e. The third kappa shape index (κ3) is 3.52. The van der Waals surface area contributed by atoms with Gasteiger partial charge in [-0.2, -0.15) is 0 Å². The number of aromatic nitrogens is 1. The topological polar surface area (TPSA) is 60.2 Å². The Hall–Kier alpha value is -0.890. The van der Waals surface area contributed by atoms with Crippen LogP contribution in [0.3, 0.4) is 0 Å².